The molecular weight excluding hydrogens is 588 g/mol. The third-order valence-corrected chi connectivity index (χ3v) is 7.86. The zero-order chi connectivity index (χ0) is 34.5. The second-order valence-corrected chi connectivity index (χ2v) is 12.5. The zero-order valence-corrected chi connectivity index (χ0v) is 30.5. The van der Waals surface area contributed by atoms with Crippen molar-refractivity contribution in [1.82, 2.24) is 0 Å². The third-order valence-electron chi connectivity index (χ3n) is 7.86. The summed E-state index contributed by atoms with van der Waals surface area (Å²) in [5.41, 5.74) is 0. The molecular formula is C41H70O6. The summed E-state index contributed by atoms with van der Waals surface area (Å²) in [6.45, 7) is 6.35. The smallest absolute Gasteiger partial charge is 0.306 e. The van der Waals surface area contributed by atoms with Gasteiger partial charge in [0.1, 0.15) is 13.2 Å². The fourth-order valence-corrected chi connectivity index (χ4v) is 4.98. The number of hydrogen-bond acceptors (Lipinski definition) is 6. The fraction of sp³-hybridized carbons (Fsp3) is 0.732. The Morgan fingerprint density at radius 1 is 0.447 bits per heavy atom. The lowest BCUT2D eigenvalue weighted by molar-refractivity contribution is -0.166. The van der Waals surface area contributed by atoms with Crippen molar-refractivity contribution in [2.75, 3.05) is 13.2 Å². The number of unbranched alkanes of at least 4 members (excludes halogenated alkanes) is 14. The predicted molar refractivity (Wildman–Crippen MR) is 196 cm³/mol. The predicted octanol–water partition coefficient (Wildman–Crippen LogP) is 11.6. The Morgan fingerprint density at radius 3 is 1.30 bits per heavy atom. The van der Waals surface area contributed by atoms with Crippen LogP contribution in [0, 0.1) is 0 Å². The van der Waals surface area contributed by atoms with E-state index in [1.807, 2.05) is 12.2 Å². The Labute approximate surface area is 288 Å². The van der Waals surface area contributed by atoms with Crippen molar-refractivity contribution in [2.45, 2.75) is 181 Å². The molecule has 0 radical (unpaired) electrons. The third kappa shape index (κ3) is 34.5. The maximum absolute atomic E-state index is 12.6. The number of carbonyl (C=O) groups excluding carboxylic acids is 3. The van der Waals surface area contributed by atoms with Crippen LogP contribution >= 0.6 is 0 Å². The molecule has 0 saturated carbocycles. The van der Waals surface area contributed by atoms with Crippen molar-refractivity contribution < 1.29 is 28.6 Å². The largest absolute Gasteiger partial charge is 0.462 e. The second-order valence-electron chi connectivity index (χ2n) is 12.5. The van der Waals surface area contributed by atoms with E-state index in [1.165, 1.54) is 64.2 Å². The molecule has 0 aliphatic heterocycles. The topological polar surface area (TPSA) is 78.9 Å². The zero-order valence-electron chi connectivity index (χ0n) is 30.5. The number of esters is 3. The van der Waals surface area contributed by atoms with E-state index in [2.05, 4.69) is 57.2 Å². The molecule has 0 aliphatic carbocycles. The summed E-state index contributed by atoms with van der Waals surface area (Å²) >= 11 is 0. The van der Waals surface area contributed by atoms with Crippen molar-refractivity contribution in [3.63, 3.8) is 0 Å². The summed E-state index contributed by atoms with van der Waals surface area (Å²) in [7, 11) is 0. The van der Waals surface area contributed by atoms with Crippen LogP contribution in [0.15, 0.2) is 48.6 Å². The molecule has 0 heterocycles. The number of ether oxygens (including phenoxy) is 3. The highest BCUT2D eigenvalue weighted by molar-refractivity contribution is 5.71. The summed E-state index contributed by atoms with van der Waals surface area (Å²) in [6, 6.07) is 0. The summed E-state index contributed by atoms with van der Waals surface area (Å²) < 4.78 is 16.5. The van der Waals surface area contributed by atoms with Crippen LogP contribution in [-0.2, 0) is 28.6 Å². The molecule has 6 heteroatoms. The minimum Gasteiger partial charge on any atom is -0.462 e. The Hall–Kier alpha value is -2.63. The van der Waals surface area contributed by atoms with Gasteiger partial charge in [0.2, 0.25) is 0 Å². The molecule has 0 N–H and O–H groups in total. The molecule has 47 heavy (non-hydrogen) atoms. The number of hydrogen-bond donors (Lipinski definition) is 0. The van der Waals surface area contributed by atoms with Crippen LogP contribution in [0.2, 0.25) is 0 Å². The van der Waals surface area contributed by atoms with Crippen molar-refractivity contribution in [3.8, 4) is 0 Å². The van der Waals surface area contributed by atoms with Gasteiger partial charge in [-0.05, 0) is 44.9 Å². The molecule has 1 unspecified atom stereocenters. The molecule has 0 rings (SSSR count). The molecule has 0 fully saturated rings. The Bertz CT molecular complexity index is 856. The summed E-state index contributed by atoms with van der Waals surface area (Å²) in [6.07, 6.45) is 39.8. The van der Waals surface area contributed by atoms with Gasteiger partial charge in [-0.15, -0.1) is 0 Å². The lowest BCUT2D eigenvalue weighted by atomic mass is 10.1. The highest BCUT2D eigenvalue weighted by Gasteiger charge is 2.19. The van der Waals surface area contributed by atoms with Gasteiger partial charge >= 0.3 is 17.9 Å². The van der Waals surface area contributed by atoms with Crippen molar-refractivity contribution in [2.24, 2.45) is 0 Å². The Kier molecular flexibility index (Phi) is 34.2. The lowest BCUT2D eigenvalue weighted by Crippen LogP contribution is -2.30. The van der Waals surface area contributed by atoms with Crippen LogP contribution in [0.1, 0.15) is 175 Å². The van der Waals surface area contributed by atoms with Gasteiger partial charge in [0.25, 0.3) is 0 Å². The highest BCUT2D eigenvalue weighted by atomic mass is 16.6. The van der Waals surface area contributed by atoms with E-state index >= 15 is 0 Å². The SMILES string of the molecule is CC/C=C\C/C=C\C/C=C\C/C=C\CCC(=O)OCC(COC(=O)CCCCCCCCC)OC(=O)CCCCCCCCCCC. The van der Waals surface area contributed by atoms with E-state index in [0.717, 1.165) is 64.2 Å². The maximum atomic E-state index is 12.6. The minimum atomic E-state index is -0.791. The van der Waals surface area contributed by atoms with E-state index in [0.29, 0.717) is 19.3 Å². The van der Waals surface area contributed by atoms with Gasteiger partial charge in [-0.25, -0.2) is 0 Å². The summed E-state index contributed by atoms with van der Waals surface area (Å²) in [5, 5.41) is 0. The van der Waals surface area contributed by atoms with Gasteiger partial charge in [0.05, 0.1) is 0 Å². The van der Waals surface area contributed by atoms with Gasteiger partial charge in [-0.3, -0.25) is 14.4 Å². The molecule has 0 aromatic carbocycles. The Morgan fingerprint density at radius 2 is 0.830 bits per heavy atom. The molecule has 0 aromatic rings. The van der Waals surface area contributed by atoms with E-state index in [4.69, 9.17) is 14.2 Å². The lowest BCUT2D eigenvalue weighted by Gasteiger charge is -2.18. The molecule has 0 bridgehead atoms. The van der Waals surface area contributed by atoms with Crippen LogP contribution in [-0.4, -0.2) is 37.2 Å². The van der Waals surface area contributed by atoms with E-state index in [-0.39, 0.29) is 37.5 Å². The molecule has 6 nitrogen and oxygen atoms in total. The molecule has 0 aromatic heterocycles. The second kappa shape index (κ2) is 36.2. The maximum Gasteiger partial charge on any atom is 0.306 e. The van der Waals surface area contributed by atoms with Crippen LogP contribution in [0.4, 0.5) is 0 Å². The quantitative estimate of drug-likeness (QED) is 0.0302. The van der Waals surface area contributed by atoms with Crippen molar-refractivity contribution >= 4 is 17.9 Å². The van der Waals surface area contributed by atoms with Crippen molar-refractivity contribution in [1.29, 1.82) is 0 Å². The van der Waals surface area contributed by atoms with Gasteiger partial charge in [0.15, 0.2) is 6.10 Å². The van der Waals surface area contributed by atoms with Crippen LogP contribution in [0.25, 0.3) is 0 Å². The molecule has 270 valence electrons. The van der Waals surface area contributed by atoms with Crippen LogP contribution in [0.5, 0.6) is 0 Å². The van der Waals surface area contributed by atoms with E-state index in [9.17, 15) is 14.4 Å². The Balaban J connectivity index is 4.46. The van der Waals surface area contributed by atoms with Gasteiger partial charge in [0, 0.05) is 19.3 Å². The average molecular weight is 659 g/mol. The molecule has 0 spiro atoms. The highest BCUT2D eigenvalue weighted by Crippen LogP contribution is 2.12. The standard InChI is InChI=1S/C41H70O6/c1-4-7-10-13-16-18-19-20-21-23-25-28-31-34-40(43)46-37-38(36-45-39(42)33-30-27-24-15-12-9-6-3)47-41(44)35-32-29-26-22-17-14-11-8-5-2/h7,10,16,18,20-21,25,28,38H,4-6,8-9,11-15,17,19,22-24,26-27,29-37H2,1-3H3/b10-7-,18-16-,21-20-,28-25-. The summed E-state index contributed by atoms with van der Waals surface area (Å²) in [4.78, 5) is 37.2. The number of allylic oxidation sites excluding steroid dienone is 8. The molecule has 0 saturated heterocycles. The van der Waals surface area contributed by atoms with Gasteiger partial charge in [-0.1, -0.05) is 159 Å². The van der Waals surface area contributed by atoms with Gasteiger partial charge < -0.3 is 14.2 Å². The monoisotopic (exact) mass is 659 g/mol. The van der Waals surface area contributed by atoms with Crippen molar-refractivity contribution in [3.05, 3.63) is 48.6 Å². The molecule has 0 aliphatic rings. The van der Waals surface area contributed by atoms with E-state index < -0.39 is 6.10 Å². The first kappa shape index (κ1) is 44.4. The molecule has 0 amide bonds. The number of rotatable bonds is 33. The minimum absolute atomic E-state index is 0.0943. The van der Waals surface area contributed by atoms with Crippen LogP contribution < -0.4 is 0 Å². The summed E-state index contributed by atoms with van der Waals surface area (Å²) in [5.74, 6) is -0.997. The normalized spacial score (nSPS) is 12.5. The number of carbonyl (C=O) groups is 3. The molecule has 1 atom stereocenters. The van der Waals surface area contributed by atoms with Gasteiger partial charge in [-0.2, -0.15) is 0 Å². The average Bonchev–Trinajstić information content (AvgIpc) is 3.06. The first-order chi connectivity index (χ1) is 23.0. The first-order valence-electron chi connectivity index (χ1n) is 19.1. The van der Waals surface area contributed by atoms with Crippen LogP contribution in [0.3, 0.4) is 0 Å². The fourth-order valence-electron chi connectivity index (χ4n) is 4.98. The van der Waals surface area contributed by atoms with E-state index in [1.54, 1.807) is 0 Å². The first-order valence-corrected chi connectivity index (χ1v) is 19.1.